The summed E-state index contributed by atoms with van der Waals surface area (Å²) in [5, 5.41) is 39.9. The molecule has 0 heterocycles. The molecule has 0 aromatic rings. The van der Waals surface area contributed by atoms with Crippen molar-refractivity contribution in [2.45, 2.75) is 90.1 Å². The van der Waals surface area contributed by atoms with E-state index < -0.39 is 12.1 Å². The van der Waals surface area contributed by atoms with Crippen molar-refractivity contribution >= 4 is 5.97 Å². The first-order chi connectivity index (χ1) is 13.0. The fourth-order valence-corrected chi connectivity index (χ4v) is 3.80. The number of unbranched alkanes of at least 4 members (excludes halogenated alkanes) is 8. The van der Waals surface area contributed by atoms with E-state index in [-0.39, 0.29) is 19.6 Å². The molecule has 0 saturated carbocycles. The van der Waals surface area contributed by atoms with Gasteiger partial charge in [-0.15, -0.1) is 0 Å². The molecule has 162 valence electrons. The summed E-state index contributed by atoms with van der Waals surface area (Å²) < 4.78 is 0.443. The van der Waals surface area contributed by atoms with Gasteiger partial charge < -0.3 is 29.7 Å². The highest BCUT2D eigenvalue weighted by Gasteiger charge is 2.29. The minimum atomic E-state index is -1.05. The monoisotopic (exact) mass is 389 g/mol. The van der Waals surface area contributed by atoms with Gasteiger partial charge in [0.15, 0.2) is 0 Å². The number of carboxylic acid groups (broad SMARTS) is 1. The number of aliphatic hydroxyl groups is 3. The molecule has 6 nitrogen and oxygen atoms in total. The SMILES string of the molecule is CCCCCCCCCCC(O)C[N+](CCO)(CCO)CCCCC(=O)[O-]. The Morgan fingerprint density at radius 1 is 0.852 bits per heavy atom. The molecule has 3 N–H and O–H groups in total. The summed E-state index contributed by atoms with van der Waals surface area (Å²) in [5.41, 5.74) is 0. The van der Waals surface area contributed by atoms with Crippen LogP contribution in [0.1, 0.15) is 84.0 Å². The Kier molecular flexibility index (Phi) is 17.0. The Bertz CT molecular complexity index is 345. The molecule has 0 radical (unpaired) electrons. The molecule has 0 aliphatic carbocycles. The lowest BCUT2D eigenvalue weighted by molar-refractivity contribution is -0.931. The first-order valence-electron chi connectivity index (χ1n) is 10.9. The van der Waals surface area contributed by atoms with Crippen molar-refractivity contribution in [1.82, 2.24) is 0 Å². The van der Waals surface area contributed by atoms with Gasteiger partial charge in [0, 0.05) is 5.97 Å². The molecule has 0 aromatic carbocycles. The fraction of sp³-hybridized carbons (Fsp3) is 0.952. The van der Waals surface area contributed by atoms with Gasteiger partial charge in [-0.25, -0.2) is 0 Å². The molecule has 0 spiro atoms. The van der Waals surface area contributed by atoms with Crippen LogP contribution < -0.4 is 5.11 Å². The van der Waals surface area contributed by atoms with Gasteiger partial charge >= 0.3 is 0 Å². The third-order valence-corrected chi connectivity index (χ3v) is 5.40. The minimum absolute atomic E-state index is 0.00896. The van der Waals surface area contributed by atoms with Crippen LogP contribution in [0.2, 0.25) is 0 Å². The Balaban J connectivity index is 4.23. The van der Waals surface area contributed by atoms with Crippen molar-refractivity contribution in [3.8, 4) is 0 Å². The van der Waals surface area contributed by atoms with Crippen LogP contribution in [-0.2, 0) is 4.79 Å². The van der Waals surface area contributed by atoms with E-state index in [1.807, 2.05) is 0 Å². The zero-order chi connectivity index (χ0) is 20.4. The van der Waals surface area contributed by atoms with Crippen LogP contribution in [-0.4, -0.2) is 71.3 Å². The summed E-state index contributed by atoms with van der Waals surface area (Å²) in [6.07, 6.45) is 11.3. The number of carbonyl (C=O) groups is 1. The van der Waals surface area contributed by atoms with Gasteiger partial charge in [0.05, 0.1) is 19.8 Å². The summed E-state index contributed by atoms with van der Waals surface area (Å²) in [5.74, 6) is -1.05. The van der Waals surface area contributed by atoms with Crippen molar-refractivity contribution in [3.63, 3.8) is 0 Å². The van der Waals surface area contributed by atoms with Crippen molar-refractivity contribution in [3.05, 3.63) is 0 Å². The van der Waals surface area contributed by atoms with Gasteiger partial charge in [-0.2, -0.15) is 0 Å². The largest absolute Gasteiger partial charge is 0.550 e. The molecule has 0 amide bonds. The van der Waals surface area contributed by atoms with Crippen molar-refractivity contribution in [2.24, 2.45) is 0 Å². The van der Waals surface area contributed by atoms with E-state index in [9.17, 15) is 25.2 Å². The number of carbonyl (C=O) groups excluding carboxylic acids is 1. The van der Waals surface area contributed by atoms with Crippen LogP contribution in [0.3, 0.4) is 0 Å². The van der Waals surface area contributed by atoms with E-state index in [0.717, 1.165) is 19.3 Å². The van der Waals surface area contributed by atoms with E-state index in [0.29, 0.717) is 43.5 Å². The first-order valence-corrected chi connectivity index (χ1v) is 10.9. The molecular weight excluding hydrogens is 346 g/mol. The van der Waals surface area contributed by atoms with E-state index >= 15 is 0 Å². The van der Waals surface area contributed by atoms with Gasteiger partial charge in [-0.05, 0) is 25.7 Å². The molecule has 0 bridgehead atoms. The smallest absolute Gasteiger partial charge is 0.105 e. The van der Waals surface area contributed by atoms with Crippen LogP contribution in [0.25, 0.3) is 0 Å². The number of aliphatic hydroxyl groups excluding tert-OH is 3. The maximum absolute atomic E-state index is 10.6. The first kappa shape index (κ1) is 26.3. The van der Waals surface area contributed by atoms with E-state index in [1.165, 1.54) is 38.5 Å². The third-order valence-electron chi connectivity index (χ3n) is 5.40. The highest BCUT2D eigenvalue weighted by molar-refractivity contribution is 5.64. The van der Waals surface area contributed by atoms with Crippen LogP contribution >= 0.6 is 0 Å². The molecule has 6 heteroatoms. The number of rotatable bonds is 20. The van der Waals surface area contributed by atoms with Gasteiger partial charge in [0.25, 0.3) is 0 Å². The summed E-state index contributed by atoms with van der Waals surface area (Å²) >= 11 is 0. The van der Waals surface area contributed by atoms with E-state index in [2.05, 4.69) is 6.92 Å². The average Bonchev–Trinajstić information content (AvgIpc) is 2.61. The minimum Gasteiger partial charge on any atom is -0.550 e. The van der Waals surface area contributed by atoms with Crippen molar-refractivity contribution in [1.29, 1.82) is 0 Å². The normalized spacial score (nSPS) is 13.0. The zero-order valence-corrected chi connectivity index (χ0v) is 17.4. The number of aliphatic carboxylic acids is 1. The molecular formula is C21H43NO5. The lowest BCUT2D eigenvalue weighted by atomic mass is 10.0. The standard InChI is InChI=1S/C21H43NO5/c1-2-3-4-5-6-7-8-9-12-20(25)19-22(15-17-23,16-18-24)14-11-10-13-21(26)27/h20,23-25H,2-19H2,1H3. The number of hydrogen-bond acceptors (Lipinski definition) is 5. The Hall–Kier alpha value is -0.690. The number of nitrogens with zero attached hydrogens (tertiary/aromatic N) is 1. The molecule has 0 fully saturated rings. The van der Waals surface area contributed by atoms with Crippen molar-refractivity contribution < 1.29 is 29.7 Å². The zero-order valence-electron chi connectivity index (χ0n) is 17.4. The van der Waals surface area contributed by atoms with E-state index in [4.69, 9.17) is 0 Å². The molecule has 0 saturated heterocycles. The predicted octanol–water partition coefficient (Wildman–Crippen LogP) is 1.60. The Morgan fingerprint density at radius 2 is 1.41 bits per heavy atom. The average molecular weight is 390 g/mol. The summed E-state index contributed by atoms with van der Waals surface area (Å²) in [6.45, 7) is 4.30. The van der Waals surface area contributed by atoms with Crippen LogP contribution in [0.4, 0.5) is 0 Å². The number of carboxylic acids is 1. The highest BCUT2D eigenvalue weighted by Crippen LogP contribution is 2.16. The molecule has 27 heavy (non-hydrogen) atoms. The topological polar surface area (TPSA) is 101 Å². The maximum atomic E-state index is 10.6. The van der Waals surface area contributed by atoms with Gasteiger partial charge in [-0.3, -0.25) is 0 Å². The Labute approximate surface area is 165 Å². The van der Waals surface area contributed by atoms with Gasteiger partial charge in [-0.1, -0.05) is 58.3 Å². The maximum Gasteiger partial charge on any atom is 0.105 e. The molecule has 0 rings (SSSR count). The molecule has 0 aliphatic heterocycles. The van der Waals surface area contributed by atoms with Crippen LogP contribution in [0, 0.1) is 0 Å². The molecule has 1 atom stereocenters. The predicted molar refractivity (Wildman–Crippen MR) is 106 cm³/mol. The summed E-state index contributed by atoms with van der Waals surface area (Å²) in [4.78, 5) is 10.6. The third kappa shape index (κ3) is 15.0. The molecule has 0 aromatic heterocycles. The molecule has 1 unspecified atom stereocenters. The second-order valence-electron chi connectivity index (χ2n) is 7.89. The molecule has 0 aliphatic rings. The van der Waals surface area contributed by atoms with Gasteiger partial charge in [0.1, 0.15) is 25.7 Å². The second kappa shape index (κ2) is 17.4. The van der Waals surface area contributed by atoms with Crippen molar-refractivity contribution in [2.75, 3.05) is 39.4 Å². The summed E-state index contributed by atoms with van der Waals surface area (Å²) in [6, 6.07) is 0. The lowest BCUT2D eigenvalue weighted by Gasteiger charge is -2.39. The number of hydrogen-bond donors (Lipinski definition) is 3. The number of quaternary nitrogens is 1. The Morgan fingerprint density at radius 3 is 1.93 bits per heavy atom. The summed E-state index contributed by atoms with van der Waals surface area (Å²) in [7, 11) is 0. The van der Waals surface area contributed by atoms with E-state index in [1.54, 1.807) is 0 Å². The lowest BCUT2D eigenvalue weighted by Crippen LogP contribution is -2.55. The highest BCUT2D eigenvalue weighted by atomic mass is 16.4. The van der Waals surface area contributed by atoms with Crippen LogP contribution in [0.15, 0.2) is 0 Å². The van der Waals surface area contributed by atoms with Crippen LogP contribution in [0.5, 0.6) is 0 Å². The van der Waals surface area contributed by atoms with Gasteiger partial charge in [0.2, 0.25) is 0 Å². The fourth-order valence-electron chi connectivity index (χ4n) is 3.80. The quantitative estimate of drug-likeness (QED) is 0.217. The second-order valence-corrected chi connectivity index (χ2v) is 7.89.